The Kier molecular flexibility index (Phi) is 5.41. The summed E-state index contributed by atoms with van der Waals surface area (Å²) in [5.74, 6) is 2.47. The second kappa shape index (κ2) is 7.91. The van der Waals surface area contributed by atoms with E-state index in [0.29, 0.717) is 0 Å². The third kappa shape index (κ3) is 3.24. The molecule has 0 saturated carbocycles. The molecule has 0 N–H and O–H groups in total. The summed E-state index contributed by atoms with van der Waals surface area (Å²) in [6.45, 7) is -1.79. The van der Waals surface area contributed by atoms with E-state index in [-0.39, 0.29) is 0 Å². The lowest BCUT2D eigenvalue weighted by molar-refractivity contribution is 1.13. The summed E-state index contributed by atoms with van der Waals surface area (Å²) in [5.41, 5.74) is 0. The van der Waals surface area contributed by atoms with Crippen LogP contribution in [0.4, 0.5) is 0 Å². The van der Waals surface area contributed by atoms with Crippen molar-refractivity contribution in [1.82, 2.24) is 0 Å². The highest BCUT2D eigenvalue weighted by Gasteiger charge is 2.31. The lowest BCUT2D eigenvalue weighted by atomic mass is 10.4. The summed E-state index contributed by atoms with van der Waals surface area (Å²) in [6.07, 6.45) is 1.30. The fourth-order valence-electron chi connectivity index (χ4n) is 3.33. The number of hydrogen-bond donors (Lipinski definition) is 0. The van der Waals surface area contributed by atoms with E-state index in [1.165, 1.54) is 33.8 Å². The van der Waals surface area contributed by atoms with Crippen molar-refractivity contribution in [3.63, 3.8) is 0 Å². The smallest absolute Gasteiger partial charge is 0.0493 e. The molecule has 3 aromatic carbocycles. The first-order valence-electron chi connectivity index (χ1n) is 8.61. The van der Waals surface area contributed by atoms with Crippen molar-refractivity contribution < 1.29 is 0 Å². The van der Waals surface area contributed by atoms with Crippen molar-refractivity contribution in [2.45, 2.75) is 6.42 Å². The van der Waals surface area contributed by atoms with Crippen LogP contribution < -0.4 is 15.9 Å². The first-order valence-corrected chi connectivity index (χ1v) is 12.4. The summed E-state index contributed by atoms with van der Waals surface area (Å²) in [7, 11) is 0. The maximum absolute atomic E-state index is 2.33. The van der Waals surface area contributed by atoms with E-state index in [9.17, 15) is 0 Å². The highest BCUT2D eigenvalue weighted by atomic mass is 32.2. The van der Waals surface area contributed by atoms with Gasteiger partial charge in [-0.2, -0.15) is 0 Å². The van der Waals surface area contributed by atoms with Crippen molar-refractivity contribution in [3.8, 4) is 0 Å². The van der Waals surface area contributed by atoms with Gasteiger partial charge in [0.1, 0.15) is 0 Å². The minimum absolute atomic E-state index is 1.23. The summed E-state index contributed by atoms with van der Waals surface area (Å²) >= 11 is 4.17. The second-order valence-electron chi connectivity index (χ2n) is 5.99. The van der Waals surface area contributed by atoms with E-state index in [1.54, 1.807) is 3.96 Å². The fraction of sp³-hybridized carbons (Fsp3) is 0.136. The molecule has 0 unspecified atom stereocenters. The molecule has 0 aliphatic carbocycles. The Balaban J connectivity index is 2.13. The normalized spacial score (nSPS) is 15.1. The quantitative estimate of drug-likeness (QED) is 0.591. The Morgan fingerprint density at radius 1 is 0.520 bits per heavy atom. The van der Waals surface area contributed by atoms with E-state index in [2.05, 4.69) is 115 Å². The third-order valence-electron chi connectivity index (χ3n) is 4.44. The van der Waals surface area contributed by atoms with Crippen molar-refractivity contribution in [2.24, 2.45) is 0 Å². The second-order valence-corrected chi connectivity index (χ2v) is 12.4. The minimum Gasteiger partial charge on any atom is -0.118 e. The van der Waals surface area contributed by atoms with Gasteiger partial charge in [0, 0.05) is 3.96 Å². The predicted octanol–water partition coefficient (Wildman–Crippen LogP) is 4.94. The Labute approximate surface area is 159 Å². The Morgan fingerprint density at radius 3 is 1.24 bits per heavy atom. The Bertz CT molecular complexity index is 762. The Hall–Kier alpha value is -1.34. The van der Waals surface area contributed by atoms with Gasteiger partial charge in [-0.25, -0.2) is 0 Å². The van der Waals surface area contributed by atoms with Crippen LogP contribution >= 0.6 is 30.4 Å². The lowest BCUT2D eigenvalue weighted by Gasteiger charge is -2.33. The summed E-state index contributed by atoms with van der Waals surface area (Å²) in [4.78, 5) is 0. The maximum Gasteiger partial charge on any atom is 0.0493 e. The molecule has 1 aliphatic rings. The van der Waals surface area contributed by atoms with Crippen LogP contribution in [0.5, 0.6) is 0 Å². The monoisotopic (exact) mass is 380 g/mol. The number of hydrogen-bond acceptors (Lipinski definition) is 2. The molecule has 1 aliphatic heterocycles. The minimum atomic E-state index is -1.79. The van der Waals surface area contributed by atoms with E-state index >= 15 is 0 Å². The molecule has 3 aromatic rings. The molecule has 0 radical (unpaired) electrons. The van der Waals surface area contributed by atoms with Crippen molar-refractivity contribution in [2.75, 3.05) is 11.5 Å². The highest BCUT2D eigenvalue weighted by Crippen LogP contribution is 2.52. The lowest BCUT2D eigenvalue weighted by Crippen LogP contribution is -2.29. The molecule has 3 heteroatoms. The number of benzene rings is 3. The van der Waals surface area contributed by atoms with E-state index in [1.807, 2.05) is 0 Å². The van der Waals surface area contributed by atoms with Gasteiger partial charge in [-0.15, -0.1) is 23.5 Å². The molecular formula is C22H21PS2. The van der Waals surface area contributed by atoms with E-state index in [0.717, 1.165) is 0 Å². The topological polar surface area (TPSA) is 0 Å². The summed E-state index contributed by atoms with van der Waals surface area (Å²) in [5, 5.41) is 4.39. The van der Waals surface area contributed by atoms with Crippen molar-refractivity contribution >= 4 is 50.3 Å². The molecule has 4 rings (SSSR count). The zero-order chi connectivity index (χ0) is 17.0. The molecule has 126 valence electrons. The van der Waals surface area contributed by atoms with Crippen molar-refractivity contribution in [3.05, 3.63) is 91.0 Å². The molecular weight excluding hydrogens is 359 g/mol. The largest absolute Gasteiger partial charge is 0.118 e. The van der Waals surface area contributed by atoms with Gasteiger partial charge in [0.25, 0.3) is 0 Å². The van der Waals surface area contributed by atoms with Crippen LogP contribution in [0.3, 0.4) is 0 Å². The standard InChI is InChI=1S/C22H21PS2/c1-4-11-19(12-5-1)23(20-13-6-2-7-14-20,21-15-8-3-9-16-21)22-24-17-10-18-25-22/h1-9,11-16H,10,17-18H2. The molecule has 0 atom stereocenters. The molecule has 25 heavy (non-hydrogen) atoms. The predicted molar refractivity (Wildman–Crippen MR) is 120 cm³/mol. The van der Waals surface area contributed by atoms with Gasteiger partial charge < -0.3 is 0 Å². The SMILES string of the molecule is c1ccc(P(=C2SCCCS2)(c2ccccc2)c2ccccc2)cc1. The van der Waals surface area contributed by atoms with Crippen LogP contribution in [-0.2, 0) is 0 Å². The zero-order valence-corrected chi connectivity index (χ0v) is 16.6. The zero-order valence-electron chi connectivity index (χ0n) is 14.0. The van der Waals surface area contributed by atoms with Gasteiger partial charge >= 0.3 is 0 Å². The maximum atomic E-state index is 2.33. The van der Waals surface area contributed by atoms with Gasteiger partial charge in [0.15, 0.2) is 0 Å². The molecule has 1 fully saturated rings. The van der Waals surface area contributed by atoms with Crippen LogP contribution in [0.25, 0.3) is 0 Å². The van der Waals surface area contributed by atoms with Crippen molar-refractivity contribution in [1.29, 1.82) is 0 Å². The molecule has 0 amide bonds. The van der Waals surface area contributed by atoms with E-state index in [4.69, 9.17) is 0 Å². The fourth-order valence-corrected chi connectivity index (χ4v) is 12.7. The van der Waals surface area contributed by atoms with Gasteiger partial charge in [-0.05, 0) is 40.7 Å². The van der Waals surface area contributed by atoms with Gasteiger partial charge in [0.05, 0.1) is 0 Å². The van der Waals surface area contributed by atoms with Crippen LogP contribution in [0.15, 0.2) is 91.0 Å². The first-order chi connectivity index (χ1) is 12.4. The van der Waals surface area contributed by atoms with Crippen LogP contribution in [0.1, 0.15) is 6.42 Å². The van der Waals surface area contributed by atoms with Gasteiger partial charge in [-0.3, -0.25) is 0 Å². The average molecular weight is 381 g/mol. The Morgan fingerprint density at radius 2 is 0.880 bits per heavy atom. The highest BCUT2D eigenvalue weighted by molar-refractivity contribution is 8.48. The van der Waals surface area contributed by atoms with Crippen LogP contribution in [-0.4, -0.2) is 15.5 Å². The summed E-state index contributed by atoms with van der Waals surface area (Å²) in [6, 6.07) is 33.5. The third-order valence-corrected chi connectivity index (χ3v) is 12.8. The molecule has 1 heterocycles. The van der Waals surface area contributed by atoms with E-state index < -0.39 is 6.89 Å². The molecule has 0 aromatic heterocycles. The van der Waals surface area contributed by atoms with Crippen LogP contribution in [0.2, 0.25) is 0 Å². The summed E-state index contributed by atoms with van der Waals surface area (Å²) < 4.78 is 1.61. The molecule has 1 saturated heterocycles. The number of rotatable bonds is 3. The molecule has 0 spiro atoms. The van der Waals surface area contributed by atoms with Crippen LogP contribution in [0, 0.1) is 0 Å². The average Bonchev–Trinajstić information content (AvgIpc) is 2.72. The number of thioether (sulfide) groups is 2. The van der Waals surface area contributed by atoms with Gasteiger partial charge in [0.2, 0.25) is 0 Å². The molecule has 0 bridgehead atoms. The first kappa shape index (κ1) is 17.1. The van der Waals surface area contributed by atoms with Gasteiger partial charge in [-0.1, -0.05) is 91.0 Å². The molecule has 0 nitrogen and oxygen atoms in total.